The Morgan fingerprint density at radius 2 is 2.31 bits per heavy atom. The number of aliphatic hydroxyl groups is 1. The van der Waals surface area contributed by atoms with Crippen molar-refractivity contribution in [3.8, 4) is 0 Å². The highest BCUT2D eigenvalue weighted by Crippen LogP contribution is 2.14. The molecule has 2 aromatic heterocycles. The molecule has 0 spiro atoms. The SMILES string of the molecule is CCC(O)CCNc1ncnc2nc[nH]c12. The summed E-state index contributed by atoms with van der Waals surface area (Å²) < 4.78 is 0. The molecule has 6 heteroatoms. The van der Waals surface area contributed by atoms with Gasteiger partial charge in [0, 0.05) is 6.54 Å². The van der Waals surface area contributed by atoms with Gasteiger partial charge in [0.2, 0.25) is 0 Å². The van der Waals surface area contributed by atoms with Crippen LogP contribution in [0.5, 0.6) is 0 Å². The van der Waals surface area contributed by atoms with E-state index in [0.717, 1.165) is 17.8 Å². The normalized spacial score (nSPS) is 12.9. The van der Waals surface area contributed by atoms with Gasteiger partial charge in [0.1, 0.15) is 11.8 Å². The quantitative estimate of drug-likeness (QED) is 0.699. The maximum Gasteiger partial charge on any atom is 0.182 e. The third-order valence-corrected chi connectivity index (χ3v) is 2.46. The molecule has 0 aliphatic rings. The van der Waals surface area contributed by atoms with Gasteiger partial charge in [-0.2, -0.15) is 0 Å². The molecule has 3 N–H and O–H groups in total. The van der Waals surface area contributed by atoms with E-state index in [0.29, 0.717) is 18.6 Å². The summed E-state index contributed by atoms with van der Waals surface area (Å²) in [6, 6.07) is 0. The molecule has 0 aliphatic carbocycles. The van der Waals surface area contributed by atoms with Crippen molar-refractivity contribution in [3.05, 3.63) is 12.7 Å². The van der Waals surface area contributed by atoms with Crippen LogP contribution < -0.4 is 5.32 Å². The summed E-state index contributed by atoms with van der Waals surface area (Å²) in [6.07, 6.45) is 4.28. The van der Waals surface area contributed by atoms with Crippen molar-refractivity contribution in [2.24, 2.45) is 0 Å². The molecule has 0 radical (unpaired) electrons. The zero-order valence-electron chi connectivity index (χ0n) is 9.14. The topological polar surface area (TPSA) is 86.7 Å². The lowest BCUT2D eigenvalue weighted by molar-refractivity contribution is 0.164. The zero-order valence-corrected chi connectivity index (χ0v) is 9.14. The van der Waals surface area contributed by atoms with E-state index in [1.807, 2.05) is 6.92 Å². The average molecular weight is 221 g/mol. The number of nitrogens with zero attached hydrogens (tertiary/aromatic N) is 3. The summed E-state index contributed by atoms with van der Waals surface area (Å²) in [5.74, 6) is 0.728. The van der Waals surface area contributed by atoms with Gasteiger partial charge >= 0.3 is 0 Å². The molecular weight excluding hydrogens is 206 g/mol. The Morgan fingerprint density at radius 1 is 1.44 bits per heavy atom. The number of aromatic nitrogens is 4. The monoisotopic (exact) mass is 221 g/mol. The van der Waals surface area contributed by atoms with Gasteiger partial charge in [-0.25, -0.2) is 15.0 Å². The van der Waals surface area contributed by atoms with Crippen LogP contribution in [0.2, 0.25) is 0 Å². The summed E-state index contributed by atoms with van der Waals surface area (Å²) in [5.41, 5.74) is 1.45. The Bertz CT molecular complexity index is 455. The van der Waals surface area contributed by atoms with E-state index in [4.69, 9.17) is 0 Å². The maximum absolute atomic E-state index is 9.42. The molecular formula is C10H15N5O. The zero-order chi connectivity index (χ0) is 11.4. The second-order valence-corrected chi connectivity index (χ2v) is 3.60. The van der Waals surface area contributed by atoms with Crippen LogP contribution in [-0.2, 0) is 0 Å². The molecule has 0 aromatic carbocycles. The Hall–Kier alpha value is -1.69. The average Bonchev–Trinajstić information content (AvgIpc) is 2.77. The maximum atomic E-state index is 9.42. The first-order valence-electron chi connectivity index (χ1n) is 5.37. The number of rotatable bonds is 5. The number of fused-ring (bicyclic) bond motifs is 1. The van der Waals surface area contributed by atoms with Crippen molar-refractivity contribution in [2.45, 2.75) is 25.9 Å². The van der Waals surface area contributed by atoms with Crippen LogP contribution in [0.15, 0.2) is 12.7 Å². The van der Waals surface area contributed by atoms with Gasteiger partial charge in [0.15, 0.2) is 11.5 Å². The van der Waals surface area contributed by atoms with Gasteiger partial charge in [0.05, 0.1) is 12.4 Å². The van der Waals surface area contributed by atoms with E-state index >= 15 is 0 Å². The fraction of sp³-hybridized carbons (Fsp3) is 0.500. The Balaban J connectivity index is 2.01. The molecule has 2 rings (SSSR count). The number of hydrogen-bond acceptors (Lipinski definition) is 5. The Labute approximate surface area is 93.1 Å². The first-order chi connectivity index (χ1) is 7.81. The lowest BCUT2D eigenvalue weighted by Crippen LogP contribution is -2.13. The first kappa shape index (κ1) is 10.8. The highest BCUT2D eigenvalue weighted by Gasteiger charge is 2.05. The number of imidazole rings is 1. The molecule has 0 aliphatic heterocycles. The van der Waals surface area contributed by atoms with Gasteiger partial charge in [-0.3, -0.25) is 0 Å². The predicted molar refractivity (Wildman–Crippen MR) is 61.1 cm³/mol. The smallest absolute Gasteiger partial charge is 0.182 e. The van der Waals surface area contributed by atoms with Crippen LogP contribution in [0.3, 0.4) is 0 Å². The Kier molecular flexibility index (Phi) is 3.31. The molecule has 2 aromatic rings. The Morgan fingerprint density at radius 3 is 3.12 bits per heavy atom. The lowest BCUT2D eigenvalue weighted by Gasteiger charge is -2.09. The van der Waals surface area contributed by atoms with Crippen LogP contribution in [0.25, 0.3) is 11.2 Å². The summed E-state index contributed by atoms with van der Waals surface area (Å²) in [6.45, 7) is 2.64. The van der Waals surface area contributed by atoms with Crippen molar-refractivity contribution in [1.29, 1.82) is 0 Å². The summed E-state index contributed by atoms with van der Waals surface area (Å²) >= 11 is 0. The van der Waals surface area contributed by atoms with Crippen LogP contribution >= 0.6 is 0 Å². The molecule has 0 saturated heterocycles. The number of hydrogen-bond donors (Lipinski definition) is 3. The molecule has 1 unspecified atom stereocenters. The van der Waals surface area contributed by atoms with Gasteiger partial charge in [-0.1, -0.05) is 6.92 Å². The molecule has 0 fully saturated rings. The molecule has 0 saturated carbocycles. The number of H-pyrrole nitrogens is 1. The van der Waals surface area contributed by atoms with Crippen molar-refractivity contribution in [3.63, 3.8) is 0 Å². The van der Waals surface area contributed by atoms with Crippen molar-refractivity contribution < 1.29 is 5.11 Å². The van der Waals surface area contributed by atoms with Gasteiger partial charge in [0.25, 0.3) is 0 Å². The molecule has 2 heterocycles. The third kappa shape index (κ3) is 2.27. The van der Waals surface area contributed by atoms with E-state index in [-0.39, 0.29) is 6.10 Å². The first-order valence-corrected chi connectivity index (χ1v) is 5.37. The lowest BCUT2D eigenvalue weighted by atomic mass is 10.2. The highest BCUT2D eigenvalue weighted by atomic mass is 16.3. The largest absolute Gasteiger partial charge is 0.393 e. The van der Waals surface area contributed by atoms with Crippen molar-refractivity contribution >= 4 is 17.0 Å². The van der Waals surface area contributed by atoms with Crippen molar-refractivity contribution in [1.82, 2.24) is 19.9 Å². The second-order valence-electron chi connectivity index (χ2n) is 3.60. The molecule has 16 heavy (non-hydrogen) atoms. The standard InChI is InChI=1S/C10H15N5O/c1-2-7(16)3-4-11-9-8-10(13-5-12-8)15-6-14-9/h5-7,16H,2-4H2,1H3,(H2,11,12,13,14,15). The van der Waals surface area contributed by atoms with Crippen LogP contribution in [-0.4, -0.2) is 37.7 Å². The summed E-state index contributed by atoms with van der Waals surface area (Å²) in [7, 11) is 0. The van der Waals surface area contributed by atoms with E-state index < -0.39 is 0 Å². The number of aromatic amines is 1. The van der Waals surface area contributed by atoms with E-state index in [1.54, 1.807) is 6.33 Å². The fourth-order valence-corrected chi connectivity index (χ4v) is 1.46. The van der Waals surface area contributed by atoms with Gasteiger partial charge in [-0.15, -0.1) is 0 Å². The van der Waals surface area contributed by atoms with Crippen LogP contribution in [0.4, 0.5) is 5.82 Å². The minimum atomic E-state index is -0.258. The molecule has 0 amide bonds. The molecule has 6 nitrogen and oxygen atoms in total. The number of anilines is 1. The minimum absolute atomic E-state index is 0.258. The molecule has 0 bridgehead atoms. The minimum Gasteiger partial charge on any atom is -0.393 e. The number of nitrogens with one attached hydrogen (secondary N) is 2. The number of aliphatic hydroxyl groups excluding tert-OH is 1. The predicted octanol–water partition coefficient (Wildman–Crippen LogP) is 0.926. The van der Waals surface area contributed by atoms with Crippen LogP contribution in [0.1, 0.15) is 19.8 Å². The third-order valence-electron chi connectivity index (χ3n) is 2.46. The van der Waals surface area contributed by atoms with E-state index in [9.17, 15) is 5.11 Å². The van der Waals surface area contributed by atoms with Crippen LogP contribution in [0, 0.1) is 0 Å². The molecule has 1 atom stereocenters. The second kappa shape index (κ2) is 4.89. The van der Waals surface area contributed by atoms with E-state index in [2.05, 4.69) is 25.3 Å². The van der Waals surface area contributed by atoms with E-state index in [1.165, 1.54) is 6.33 Å². The summed E-state index contributed by atoms with van der Waals surface area (Å²) in [4.78, 5) is 15.2. The van der Waals surface area contributed by atoms with Gasteiger partial charge in [-0.05, 0) is 12.8 Å². The summed E-state index contributed by atoms with van der Waals surface area (Å²) in [5, 5.41) is 12.6. The van der Waals surface area contributed by atoms with Gasteiger partial charge < -0.3 is 15.4 Å². The highest BCUT2D eigenvalue weighted by molar-refractivity contribution is 5.81. The fourth-order valence-electron chi connectivity index (χ4n) is 1.46. The molecule has 86 valence electrons. The van der Waals surface area contributed by atoms with Crippen molar-refractivity contribution in [2.75, 3.05) is 11.9 Å².